The summed E-state index contributed by atoms with van der Waals surface area (Å²) in [6.07, 6.45) is 0. The SMILES string of the molecule is O=C(Nc1ccc(F)cc1)c1cccc(C(=O)Nc2c(F)cccc2F)n1. The first-order chi connectivity index (χ1) is 12.9. The van der Waals surface area contributed by atoms with Crippen LogP contribution in [0.3, 0.4) is 0 Å². The molecule has 3 rings (SSSR count). The van der Waals surface area contributed by atoms with Crippen LogP contribution in [0.2, 0.25) is 0 Å². The van der Waals surface area contributed by atoms with Crippen LogP contribution in [0.15, 0.2) is 60.7 Å². The molecule has 8 heteroatoms. The number of carbonyl (C=O) groups is 2. The molecule has 0 saturated heterocycles. The van der Waals surface area contributed by atoms with Crippen LogP contribution >= 0.6 is 0 Å². The van der Waals surface area contributed by atoms with Gasteiger partial charge in [0.15, 0.2) is 0 Å². The van der Waals surface area contributed by atoms with Crippen LogP contribution in [0.4, 0.5) is 24.5 Å². The van der Waals surface area contributed by atoms with Crippen LogP contribution in [0.1, 0.15) is 21.0 Å². The van der Waals surface area contributed by atoms with Gasteiger partial charge in [0.25, 0.3) is 11.8 Å². The van der Waals surface area contributed by atoms with Crippen molar-refractivity contribution in [1.82, 2.24) is 4.98 Å². The molecule has 2 N–H and O–H groups in total. The second-order valence-electron chi connectivity index (χ2n) is 5.42. The first-order valence-electron chi connectivity index (χ1n) is 7.73. The van der Waals surface area contributed by atoms with E-state index in [1.54, 1.807) is 0 Å². The summed E-state index contributed by atoms with van der Waals surface area (Å²) in [7, 11) is 0. The Balaban J connectivity index is 1.77. The summed E-state index contributed by atoms with van der Waals surface area (Å²) < 4.78 is 40.2. The van der Waals surface area contributed by atoms with Crippen LogP contribution in [-0.2, 0) is 0 Å². The lowest BCUT2D eigenvalue weighted by molar-refractivity contribution is 0.101. The van der Waals surface area contributed by atoms with Gasteiger partial charge in [0.1, 0.15) is 34.5 Å². The Bertz CT molecular complexity index is 987. The maximum absolute atomic E-state index is 13.6. The summed E-state index contributed by atoms with van der Waals surface area (Å²) >= 11 is 0. The quantitative estimate of drug-likeness (QED) is 0.728. The second-order valence-corrected chi connectivity index (χ2v) is 5.42. The van der Waals surface area contributed by atoms with E-state index in [-0.39, 0.29) is 11.4 Å². The number of para-hydroxylation sites is 1. The van der Waals surface area contributed by atoms with Crippen LogP contribution in [0, 0.1) is 17.5 Å². The van der Waals surface area contributed by atoms with Gasteiger partial charge in [-0.3, -0.25) is 9.59 Å². The molecule has 0 aliphatic carbocycles. The molecular formula is C19H12F3N3O2. The molecular weight excluding hydrogens is 359 g/mol. The lowest BCUT2D eigenvalue weighted by atomic mass is 10.2. The number of halogens is 3. The first kappa shape index (κ1) is 18.1. The van der Waals surface area contributed by atoms with Crippen molar-refractivity contribution >= 4 is 23.2 Å². The Hall–Kier alpha value is -3.68. The Labute approximate surface area is 151 Å². The fourth-order valence-corrected chi connectivity index (χ4v) is 2.21. The van der Waals surface area contributed by atoms with Crippen molar-refractivity contribution in [3.05, 3.63) is 89.5 Å². The molecule has 0 bridgehead atoms. The number of amides is 2. The number of carbonyl (C=O) groups excluding carboxylic acids is 2. The van der Waals surface area contributed by atoms with E-state index in [1.807, 2.05) is 0 Å². The number of hydrogen-bond acceptors (Lipinski definition) is 3. The lowest BCUT2D eigenvalue weighted by Crippen LogP contribution is -2.19. The molecule has 0 spiro atoms. The van der Waals surface area contributed by atoms with E-state index in [9.17, 15) is 22.8 Å². The van der Waals surface area contributed by atoms with E-state index in [1.165, 1.54) is 48.5 Å². The van der Waals surface area contributed by atoms with E-state index in [4.69, 9.17) is 0 Å². The average molecular weight is 371 g/mol. The lowest BCUT2D eigenvalue weighted by Gasteiger charge is -2.08. The van der Waals surface area contributed by atoms with Crippen LogP contribution in [0.25, 0.3) is 0 Å². The Morgan fingerprint density at radius 3 is 1.81 bits per heavy atom. The monoisotopic (exact) mass is 371 g/mol. The van der Waals surface area contributed by atoms with Crippen molar-refractivity contribution in [1.29, 1.82) is 0 Å². The molecule has 0 fully saturated rings. The minimum Gasteiger partial charge on any atom is -0.321 e. The van der Waals surface area contributed by atoms with E-state index in [0.29, 0.717) is 5.69 Å². The number of pyridine rings is 1. The third-order valence-electron chi connectivity index (χ3n) is 3.52. The molecule has 1 aromatic heterocycles. The van der Waals surface area contributed by atoms with Crippen molar-refractivity contribution in [2.45, 2.75) is 0 Å². The number of benzene rings is 2. The summed E-state index contributed by atoms with van der Waals surface area (Å²) in [6.45, 7) is 0. The van der Waals surface area contributed by atoms with E-state index >= 15 is 0 Å². The zero-order valence-electron chi connectivity index (χ0n) is 13.7. The van der Waals surface area contributed by atoms with E-state index < -0.39 is 35.0 Å². The highest BCUT2D eigenvalue weighted by Crippen LogP contribution is 2.19. The number of rotatable bonds is 4. The van der Waals surface area contributed by atoms with Gasteiger partial charge in [-0.05, 0) is 48.5 Å². The number of nitrogens with one attached hydrogen (secondary N) is 2. The number of aromatic nitrogens is 1. The third kappa shape index (κ3) is 4.30. The molecule has 27 heavy (non-hydrogen) atoms. The van der Waals surface area contributed by atoms with Gasteiger partial charge >= 0.3 is 0 Å². The molecule has 0 unspecified atom stereocenters. The molecule has 0 radical (unpaired) electrons. The van der Waals surface area contributed by atoms with Crippen LogP contribution < -0.4 is 10.6 Å². The normalized spacial score (nSPS) is 10.3. The van der Waals surface area contributed by atoms with Gasteiger partial charge in [0, 0.05) is 5.69 Å². The molecule has 5 nitrogen and oxygen atoms in total. The Morgan fingerprint density at radius 2 is 1.22 bits per heavy atom. The summed E-state index contributed by atoms with van der Waals surface area (Å²) in [5.74, 6) is -3.84. The highest BCUT2D eigenvalue weighted by atomic mass is 19.1. The second kappa shape index (κ2) is 7.69. The maximum Gasteiger partial charge on any atom is 0.274 e. The number of hydrogen-bond donors (Lipinski definition) is 2. The fraction of sp³-hybridized carbons (Fsp3) is 0. The predicted octanol–water partition coefficient (Wildman–Crippen LogP) is 4.00. The molecule has 0 atom stereocenters. The predicted molar refractivity (Wildman–Crippen MR) is 92.9 cm³/mol. The Morgan fingerprint density at radius 1 is 0.704 bits per heavy atom. The first-order valence-corrected chi connectivity index (χ1v) is 7.73. The molecule has 0 aliphatic rings. The highest BCUT2D eigenvalue weighted by Gasteiger charge is 2.16. The third-order valence-corrected chi connectivity index (χ3v) is 3.52. The van der Waals surface area contributed by atoms with Crippen LogP contribution in [0.5, 0.6) is 0 Å². The summed E-state index contributed by atoms with van der Waals surface area (Å²) in [4.78, 5) is 28.3. The molecule has 2 amide bonds. The topological polar surface area (TPSA) is 71.1 Å². The standard InChI is InChI=1S/C19H12F3N3O2/c20-11-7-9-12(10-8-11)23-18(26)15-5-2-6-16(24-15)19(27)25-17-13(21)3-1-4-14(17)22/h1-10H,(H,23,26)(H,25,27). The van der Waals surface area contributed by atoms with Gasteiger partial charge in [0.2, 0.25) is 0 Å². The zero-order chi connectivity index (χ0) is 19.4. The summed E-state index contributed by atoms with van der Waals surface area (Å²) in [6, 6.07) is 12.3. The molecule has 3 aromatic rings. The maximum atomic E-state index is 13.6. The Kier molecular flexibility index (Phi) is 5.16. The summed E-state index contributed by atoms with van der Waals surface area (Å²) in [5.41, 5.74) is -0.567. The average Bonchev–Trinajstić information content (AvgIpc) is 2.66. The zero-order valence-corrected chi connectivity index (χ0v) is 13.7. The molecule has 136 valence electrons. The van der Waals surface area contributed by atoms with Crippen molar-refractivity contribution in [3.8, 4) is 0 Å². The van der Waals surface area contributed by atoms with Crippen molar-refractivity contribution in [3.63, 3.8) is 0 Å². The molecule has 0 aliphatic heterocycles. The number of nitrogens with zero attached hydrogens (tertiary/aromatic N) is 1. The van der Waals surface area contributed by atoms with Gasteiger partial charge in [-0.25, -0.2) is 18.2 Å². The van der Waals surface area contributed by atoms with Crippen molar-refractivity contribution < 1.29 is 22.8 Å². The van der Waals surface area contributed by atoms with Crippen molar-refractivity contribution in [2.24, 2.45) is 0 Å². The van der Waals surface area contributed by atoms with E-state index in [2.05, 4.69) is 15.6 Å². The smallest absolute Gasteiger partial charge is 0.274 e. The fourth-order valence-electron chi connectivity index (χ4n) is 2.21. The minimum atomic E-state index is -0.937. The van der Waals surface area contributed by atoms with Gasteiger partial charge in [0.05, 0.1) is 0 Å². The molecule has 1 heterocycles. The summed E-state index contributed by atoms with van der Waals surface area (Å²) in [5, 5.41) is 4.59. The van der Waals surface area contributed by atoms with E-state index in [0.717, 1.165) is 12.1 Å². The van der Waals surface area contributed by atoms with Gasteiger partial charge < -0.3 is 10.6 Å². The van der Waals surface area contributed by atoms with Crippen LogP contribution in [-0.4, -0.2) is 16.8 Å². The largest absolute Gasteiger partial charge is 0.321 e. The minimum absolute atomic E-state index is 0.0963. The molecule has 0 saturated carbocycles. The number of anilines is 2. The van der Waals surface area contributed by atoms with Gasteiger partial charge in [-0.2, -0.15) is 0 Å². The van der Waals surface area contributed by atoms with Gasteiger partial charge in [-0.15, -0.1) is 0 Å². The molecule has 2 aromatic carbocycles. The highest BCUT2D eigenvalue weighted by molar-refractivity contribution is 6.06. The van der Waals surface area contributed by atoms with Gasteiger partial charge in [-0.1, -0.05) is 12.1 Å². The van der Waals surface area contributed by atoms with Crippen molar-refractivity contribution in [2.75, 3.05) is 10.6 Å².